The van der Waals surface area contributed by atoms with Crippen LogP contribution < -0.4 is 15.8 Å². The molecule has 0 spiro atoms. The number of hydrogen-bond donors (Lipinski definition) is 2. The normalized spacial score (nSPS) is 18.6. The predicted octanol–water partition coefficient (Wildman–Crippen LogP) is 3.10. The zero-order valence-electron chi connectivity index (χ0n) is 15.2. The fourth-order valence-corrected chi connectivity index (χ4v) is 2.77. The summed E-state index contributed by atoms with van der Waals surface area (Å²) in [6.07, 6.45) is 1.01. The van der Waals surface area contributed by atoms with Gasteiger partial charge in [-0.05, 0) is 37.3 Å². The Morgan fingerprint density at radius 1 is 1.34 bits per heavy atom. The van der Waals surface area contributed by atoms with Crippen molar-refractivity contribution >= 4 is 29.8 Å². The van der Waals surface area contributed by atoms with E-state index in [2.05, 4.69) is 20.0 Å². The van der Waals surface area contributed by atoms with Gasteiger partial charge in [-0.2, -0.15) is 8.78 Å². The first-order chi connectivity index (χ1) is 13.3. The first-order valence-corrected chi connectivity index (χ1v) is 8.21. The molecule has 7 nitrogen and oxygen atoms in total. The number of nitrogens with zero attached hydrogens (tertiary/aromatic N) is 2. The second-order valence-corrected chi connectivity index (χ2v) is 6.28. The van der Waals surface area contributed by atoms with Gasteiger partial charge in [-0.25, -0.2) is 9.37 Å². The molecule has 1 aromatic heterocycles. The number of carbonyl (C=O) groups is 1. The van der Waals surface area contributed by atoms with E-state index in [0.717, 1.165) is 6.20 Å². The Morgan fingerprint density at radius 3 is 2.72 bits per heavy atom. The Bertz CT molecular complexity index is 912. The summed E-state index contributed by atoms with van der Waals surface area (Å²) in [5, 5.41) is 2.58. The van der Waals surface area contributed by atoms with Gasteiger partial charge in [0.05, 0.1) is 12.8 Å². The van der Waals surface area contributed by atoms with Gasteiger partial charge in [-0.1, -0.05) is 0 Å². The first kappa shape index (κ1) is 22.4. The fraction of sp³-hybridized carbons (Fsp3) is 0.278. The van der Waals surface area contributed by atoms with E-state index in [1.54, 1.807) is 6.92 Å². The Morgan fingerprint density at radius 2 is 2.10 bits per heavy atom. The van der Waals surface area contributed by atoms with Crippen molar-refractivity contribution in [3.8, 4) is 5.75 Å². The fourth-order valence-electron chi connectivity index (χ4n) is 2.77. The molecule has 0 fully saturated rings. The van der Waals surface area contributed by atoms with Crippen LogP contribution >= 0.6 is 12.4 Å². The van der Waals surface area contributed by atoms with Gasteiger partial charge in [0.25, 0.3) is 5.91 Å². The van der Waals surface area contributed by atoms with Crippen LogP contribution in [0.4, 0.5) is 18.9 Å². The van der Waals surface area contributed by atoms with Gasteiger partial charge in [0.2, 0.25) is 0 Å². The van der Waals surface area contributed by atoms with E-state index in [0.29, 0.717) is 5.69 Å². The molecule has 0 unspecified atom stereocenters. The standard InChI is InChI=1S/C18H17F3N4O3.ClH/c1-18(9-27-8-15(22)25-18)12-6-10(2-4-13(12)19)24-16(26)14-5-3-11(7-23-14)28-17(20)21;/h2-7,17H,8-9H2,1H3,(H2,22,25)(H,24,26);1H/t18-;/m0./s1. The Hall–Kier alpha value is -2.85. The van der Waals surface area contributed by atoms with Crippen molar-refractivity contribution in [3.63, 3.8) is 0 Å². The van der Waals surface area contributed by atoms with E-state index in [9.17, 15) is 18.0 Å². The number of halogens is 4. The lowest BCUT2D eigenvalue weighted by Gasteiger charge is -2.30. The van der Waals surface area contributed by atoms with Gasteiger partial charge < -0.3 is 20.5 Å². The van der Waals surface area contributed by atoms with Crippen molar-refractivity contribution in [1.29, 1.82) is 0 Å². The predicted molar refractivity (Wildman–Crippen MR) is 102 cm³/mol. The third-order valence-corrected chi connectivity index (χ3v) is 4.02. The summed E-state index contributed by atoms with van der Waals surface area (Å²) in [6, 6.07) is 6.45. The summed E-state index contributed by atoms with van der Waals surface area (Å²) in [4.78, 5) is 20.4. The molecule has 11 heteroatoms. The van der Waals surface area contributed by atoms with Crippen molar-refractivity contribution < 1.29 is 27.4 Å². The van der Waals surface area contributed by atoms with E-state index in [1.165, 1.54) is 30.3 Å². The molecule has 3 N–H and O–H groups in total. The molecule has 0 radical (unpaired) electrons. The lowest BCUT2D eigenvalue weighted by Crippen LogP contribution is -2.38. The number of pyridine rings is 1. The summed E-state index contributed by atoms with van der Waals surface area (Å²) >= 11 is 0. The van der Waals surface area contributed by atoms with Crippen LogP contribution in [0.15, 0.2) is 41.5 Å². The number of hydrogen-bond acceptors (Lipinski definition) is 6. The smallest absolute Gasteiger partial charge is 0.387 e. The largest absolute Gasteiger partial charge is 0.433 e. The summed E-state index contributed by atoms with van der Waals surface area (Å²) in [5.41, 5.74) is 5.16. The molecule has 1 aliphatic heterocycles. The minimum absolute atomic E-state index is 0. The minimum Gasteiger partial charge on any atom is -0.433 e. The number of anilines is 1. The molecule has 2 aromatic rings. The van der Waals surface area contributed by atoms with E-state index in [4.69, 9.17) is 10.5 Å². The maximum atomic E-state index is 14.4. The lowest BCUT2D eigenvalue weighted by molar-refractivity contribution is -0.0500. The highest BCUT2D eigenvalue weighted by molar-refractivity contribution is 6.02. The molecule has 1 aliphatic rings. The number of nitrogens with one attached hydrogen (secondary N) is 1. The lowest BCUT2D eigenvalue weighted by atomic mass is 9.92. The molecular formula is C18H18ClF3N4O3. The second-order valence-electron chi connectivity index (χ2n) is 6.28. The molecule has 0 bridgehead atoms. The van der Waals surface area contributed by atoms with Crippen LogP contribution in [0.3, 0.4) is 0 Å². The molecule has 1 aromatic carbocycles. The van der Waals surface area contributed by atoms with Gasteiger partial charge in [0.15, 0.2) is 0 Å². The highest BCUT2D eigenvalue weighted by Gasteiger charge is 2.33. The van der Waals surface area contributed by atoms with Crippen LogP contribution in [0, 0.1) is 5.82 Å². The first-order valence-electron chi connectivity index (χ1n) is 8.21. The summed E-state index contributed by atoms with van der Waals surface area (Å²) in [7, 11) is 0. The van der Waals surface area contributed by atoms with E-state index >= 15 is 0 Å². The molecule has 156 valence electrons. The molecule has 3 rings (SSSR count). The third kappa shape index (κ3) is 5.36. The molecule has 1 amide bonds. The number of nitrogens with two attached hydrogens (primary N) is 1. The number of carbonyl (C=O) groups excluding carboxylic acids is 1. The van der Waals surface area contributed by atoms with Crippen LogP contribution in [0.1, 0.15) is 23.0 Å². The van der Waals surface area contributed by atoms with Gasteiger partial charge >= 0.3 is 6.61 Å². The van der Waals surface area contributed by atoms with Crippen molar-refractivity contribution in [2.45, 2.75) is 19.1 Å². The van der Waals surface area contributed by atoms with Crippen LogP contribution in [0.2, 0.25) is 0 Å². The van der Waals surface area contributed by atoms with Crippen molar-refractivity contribution in [2.24, 2.45) is 10.7 Å². The van der Waals surface area contributed by atoms with E-state index in [-0.39, 0.29) is 48.5 Å². The number of aliphatic imine (C=N–C) groups is 1. The van der Waals surface area contributed by atoms with Crippen molar-refractivity contribution in [3.05, 3.63) is 53.6 Å². The molecule has 2 heterocycles. The van der Waals surface area contributed by atoms with Gasteiger partial charge in [-0.3, -0.25) is 9.79 Å². The molecule has 0 aliphatic carbocycles. The van der Waals surface area contributed by atoms with E-state index < -0.39 is 23.9 Å². The quantitative estimate of drug-likeness (QED) is 0.759. The number of rotatable bonds is 5. The van der Waals surface area contributed by atoms with Crippen LogP contribution in [-0.4, -0.2) is 36.6 Å². The summed E-state index contributed by atoms with van der Waals surface area (Å²) in [5.74, 6) is -1.04. The highest BCUT2D eigenvalue weighted by atomic mass is 35.5. The number of aromatic nitrogens is 1. The topological polar surface area (TPSA) is 98.8 Å². The van der Waals surface area contributed by atoms with E-state index in [1.807, 2.05) is 0 Å². The summed E-state index contributed by atoms with van der Waals surface area (Å²) < 4.78 is 48.2. The number of amidine groups is 1. The SMILES string of the molecule is C[C@@]1(c2cc(NC(=O)c3ccc(OC(F)F)cn3)ccc2F)COCC(N)=N1.Cl. The highest BCUT2D eigenvalue weighted by Crippen LogP contribution is 2.32. The van der Waals surface area contributed by atoms with Gasteiger partial charge in [-0.15, -0.1) is 12.4 Å². The maximum absolute atomic E-state index is 14.4. The van der Waals surface area contributed by atoms with Crippen LogP contribution in [-0.2, 0) is 10.3 Å². The minimum atomic E-state index is -2.99. The Labute approximate surface area is 170 Å². The average molecular weight is 431 g/mol. The number of benzene rings is 1. The average Bonchev–Trinajstić information content (AvgIpc) is 2.63. The Kier molecular flexibility index (Phi) is 7.04. The van der Waals surface area contributed by atoms with Crippen molar-refractivity contribution in [1.82, 2.24) is 4.98 Å². The molecule has 0 saturated carbocycles. The van der Waals surface area contributed by atoms with Crippen molar-refractivity contribution in [2.75, 3.05) is 18.5 Å². The van der Waals surface area contributed by atoms with Gasteiger partial charge in [0, 0.05) is 11.3 Å². The third-order valence-electron chi connectivity index (χ3n) is 4.02. The Balaban J connectivity index is 0.00000300. The number of ether oxygens (including phenoxy) is 2. The molecule has 1 atom stereocenters. The van der Waals surface area contributed by atoms with Crippen LogP contribution in [0.5, 0.6) is 5.75 Å². The zero-order chi connectivity index (χ0) is 20.3. The number of alkyl halides is 2. The zero-order valence-corrected chi connectivity index (χ0v) is 16.0. The molecular weight excluding hydrogens is 413 g/mol. The summed E-state index contributed by atoms with van der Waals surface area (Å²) in [6.45, 7) is -1.01. The van der Waals surface area contributed by atoms with Gasteiger partial charge in [0.1, 0.15) is 35.2 Å². The molecule has 29 heavy (non-hydrogen) atoms. The maximum Gasteiger partial charge on any atom is 0.387 e. The molecule has 0 saturated heterocycles. The monoisotopic (exact) mass is 430 g/mol. The number of amides is 1. The second kappa shape index (κ2) is 9.10. The van der Waals surface area contributed by atoms with Crippen LogP contribution in [0.25, 0.3) is 0 Å².